The highest BCUT2D eigenvalue weighted by Gasteiger charge is 2.13. The summed E-state index contributed by atoms with van der Waals surface area (Å²) >= 11 is 3.28. The summed E-state index contributed by atoms with van der Waals surface area (Å²) < 4.78 is 30.3. The number of nitrogens with zero attached hydrogens (tertiary/aromatic N) is 1. The Hall–Kier alpha value is -2.52. The van der Waals surface area contributed by atoms with Crippen LogP contribution in [0, 0.1) is 11.3 Å². The lowest BCUT2D eigenvalue weighted by Gasteiger charge is -2.10. The number of nitriles is 1. The Morgan fingerprint density at radius 3 is 2.72 bits per heavy atom. The molecule has 0 aliphatic rings. The van der Waals surface area contributed by atoms with E-state index in [1.165, 1.54) is 6.08 Å². The van der Waals surface area contributed by atoms with Crippen LogP contribution in [0.25, 0.3) is 10.8 Å². The predicted molar refractivity (Wildman–Crippen MR) is 96.0 cm³/mol. The summed E-state index contributed by atoms with van der Waals surface area (Å²) in [6, 6.07) is 10.2. The van der Waals surface area contributed by atoms with Crippen molar-refractivity contribution in [1.29, 1.82) is 5.26 Å². The summed E-state index contributed by atoms with van der Waals surface area (Å²) in [5.41, 5.74) is 0.357. The van der Waals surface area contributed by atoms with Crippen LogP contribution < -0.4 is 4.74 Å². The van der Waals surface area contributed by atoms with Crippen LogP contribution in [0.2, 0.25) is 0 Å². The average Bonchev–Trinajstić information content (AvgIpc) is 2.59. The Kier molecular flexibility index (Phi) is 6.43. The van der Waals surface area contributed by atoms with Gasteiger partial charge in [-0.25, -0.2) is 8.78 Å². The van der Waals surface area contributed by atoms with E-state index in [-0.39, 0.29) is 11.3 Å². The Morgan fingerprint density at radius 1 is 1.32 bits per heavy atom. The minimum atomic E-state index is -2.58. The highest BCUT2D eigenvalue weighted by Crippen LogP contribution is 2.31. The molecular weight excluding hydrogens is 392 g/mol. The van der Waals surface area contributed by atoms with Gasteiger partial charge in [-0.05, 0) is 57.9 Å². The topological polar surface area (TPSA) is 50.1 Å². The number of carbonyl (C=O) groups is 1. The molecule has 0 saturated carbocycles. The molecule has 0 aromatic heterocycles. The third-order valence-electron chi connectivity index (χ3n) is 3.34. The minimum absolute atomic E-state index is 0.0173. The molecule has 2 aromatic carbocycles. The molecule has 0 aliphatic heterocycles. The van der Waals surface area contributed by atoms with Gasteiger partial charge in [0.1, 0.15) is 18.4 Å². The Morgan fingerprint density at radius 2 is 2.08 bits per heavy atom. The summed E-state index contributed by atoms with van der Waals surface area (Å²) in [4.78, 5) is 12.4. The van der Waals surface area contributed by atoms with Gasteiger partial charge in [0, 0.05) is 5.56 Å². The van der Waals surface area contributed by atoms with Crippen molar-refractivity contribution in [2.45, 2.75) is 13.3 Å². The van der Waals surface area contributed by atoms with E-state index in [0.29, 0.717) is 15.4 Å². The largest absolute Gasteiger partial charge is 0.486 e. The molecule has 2 aromatic rings. The van der Waals surface area contributed by atoms with Crippen LogP contribution in [-0.4, -0.2) is 18.8 Å². The van der Waals surface area contributed by atoms with E-state index in [2.05, 4.69) is 15.9 Å². The van der Waals surface area contributed by atoms with Gasteiger partial charge in [-0.15, -0.1) is 0 Å². The van der Waals surface area contributed by atoms with Crippen LogP contribution in [0.15, 0.2) is 58.6 Å². The molecular formula is C19H14BrF2NO2. The number of hydrogen-bond acceptors (Lipinski definition) is 3. The molecule has 0 saturated heterocycles. The third kappa shape index (κ3) is 4.74. The van der Waals surface area contributed by atoms with Crippen molar-refractivity contribution in [2.75, 3.05) is 6.61 Å². The van der Waals surface area contributed by atoms with E-state index in [1.807, 2.05) is 6.07 Å². The Labute approximate surface area is 152 Å². The molecule has 0 amide bonds. The molecule has 0 radical (unpaired) electrons. The summed E-state index contributed by atoms with van der Waals surface area (Å²) in [6.45, 7) is 1.07. The van der Waals surface area contributed by atoms with Gasteiger partial charge < -0.3 is 4.74 Å². The number of rotatable bonds is 6. The van der Waals surface area contributed by atoms with Crippen LogP contribution in [0.3, 0.4) is 0 Å². The van der Waals surface area contributed by atoms with Crippen molar-refractivity contribution in [1.82, 2.24) is 0 Å². The molecule has 0 fully saturated rings. The second kappa shape index (κ2) is 8.54. The normalized spacial score (nSPS) is 11.9. The molecule has 0 bridgehead atoms. The Bertz CT molecular complexity index is 898. The maximum absolute atomic E-state index is 12.4. The van der Waals surface area contributed by atoms with Crippen molar-refractivity contribution in [3.8, 4) is 11.8 Å². The summed E-state index contributed by atoms with van der Waals surface area (Å²) in [5.74, 6) is -0.136. The number of fused-ring (bicyclic) bond motifs is 1. The van der Waals surface area contributed by atoms with Crippen molar-refractivity contribution in [3.05, 3.63) is 64.2 Å². The summed E-state index contributed by atoms with van der Waals surface area (Å²) in [6.07, 6.45) is 2.20. The van der Waals surface area contributed by atoms with Gasteiger partial charge in [0.25, 0.3) is 6.43 Å². The lowest BCUT2D eigenvalue weighted by atomic mass is 10.00. The molecule has 0 unspecified atom stereocenters. The lowest BCUT2D eigenvalue weighted by Crippen LogP contribution is -2.07. The first-order chi connectivity index (χ1) is 12.0. The van der Waals surface area contributed by atoms with Gasteiger partial charge >= 0.3 is 0 Å². The molecule has 3 nitrogen and oxygen atoms in total. The highest BCUT2D eigenvalue weighted by molar-refractivity contribution is 9.10. The highest BCUT2D eigenvalue weighted by atomic mass is 79.9. The number of ketones is 1. The van der Waals surface area contributed by atoms with Gasteiger partial charge in [-0.3, -0.25) is 4.79 Å². The molecule has 0 atom stereocenters. The van der Waals surface area contributed by atoms with Crippen molar-refractivity contribution < 1.29 is 18.3 Å². The lowest BCUT2D eigenvalue weighted by molar-refractivity contribution is 0.0816. The molecule has 6 heteroatoms. The van der Waals surface area contributed by atoms with Crippen LogP contribution >= 0.6 is 15.9 Å². The first-order valence-corrected chi connectivity index (χ1v) is 8.17. The molecule has 0 aliphatic carbocycles. The maximum atomic E-state index is 12.4. The summed E-state index contributed by atoms with van der Waals surface area (Å²) in [5, 5.41) is 10.6. The van der Waals surface area contributed by atoms with Crippen LogP contribution in [0.5, 0.6) is 5.75 Å². The van der Waals surface area contributed by atoms with Gasteiger partial charge in [0.2, 0.25) is 5.78 Å². The van der Waals surface area contributed by atoms with Crippen LogP contribution in [0.4, 0.5) is 8.78 Å². The molecule has 0 spiro atoms. The quantitative estimate of drug-likeness (QED) is 0.277. The van der Waals surface area contributed by atoms with Crippen molar-refractivity contribution in [2.24, 2.45) is 0 Å². The van der Waals surface area contributed by atoms with E-state index < -0.39 is 18.8 Å². The first kappa shape index (κ1) is 18.8. The number of Topliss-reactive ketones (excluding diaryl/α,β-unsaturated/α-hetero) is 1. The molecule has 2 rings (SSSR count). The number of halogens is 3. The van der Waals surface area contributed by atoms with E-state index in [1.54, 1.807) is 49.4 Å². The van der Waals surface area contributed by atoms with E-state index in [9.17, 15) is 13.6 Å². The van der Waals surface area contributed by atoms with Crippen LogP contribution in [-0.2, 0) is 0 Å². The second-order valence-corrected chi connectivity index (χ2v) is 5.95. The third-order valence-corrected chi connectivity index (χ3v) is 3.96. The Balaban J connectivity index is 2.42. The van der Waals surface area contributed by atoms with E-state index in [0.717, 1.165) is 5.39 Å². The fourth-order valence-corrected chi connectivity index (χ4v) is 2.64. The fourth-order valence-electron chi connectivity index (χ4n) is 2.17. The maximum Gasteiger partial charge on any atom is 0.272 e. The number of hydrogen-bond donors (Lipinski definition) is 0. The van der Waals surface area contributed by atoms with E-state index in [4.69, 9.17) is 10.00 Å². The molecule has 0 N–H and O–H groups in total. The monoisotopic (exact) mass is 405 g/mol. The molecule has 128 valence electrons. The number of benzene rings is 2. The van der Waals surface area contributed by atoms with Gasteiger partial charge in [-0.1, -0.05) is 24.3 Å². The first-order valence-electron chi connectivity index (χ1n) is 7.38. The van der Waals surface area contributed by atoms with E-state index >= 15 is 0 Å². The smallest absolute Gasteiger partial charge is 0.272 e. The zero-order valence-electron chi connectivity index (χ0n) is 13.3. The zero-order valence-corrected chi connectivity index (χ0v) is 14.9. The molecule has 0 heterocycles. The summed E-state index contributed by atoms with van der Waals surface area (Å²) in [7, 11) is 0. The van der Waals surface area contributed by atoms with Gasteiger partial charge in [-0.2, -0.15) is 5.26 Å². The number of ether oxygens (including phenoxy) is 1. The number of carbonyl (C=O) groups excluding carboxylic acids is 1. The number of alkyl halides is 2. The fraction of sp³-hybridized carbons (Fsp3) is 0.158. The van der Waals surface area contributed by atoms with Crippen molar-refractivity contribution >= 4 is 32.5 Å². The minimum Gasteiger partial charge on any atom is -0.486 e. The molecule has 25 heavy (non-hydrogen) atoms. The SMILES string of the molecule is C/C=C/C=C(\C#N)C(=O)c1ccc2cc(Br)c(OCC(F)F)cc2c1. The predicted octanol–water partition coefficient (Wildman–Crippen LogP) is 5.45. The second-order valence-electron chi connectivity index (χ2n) is 5.09. The van der Waals surface area contributed by atoms with Gasteiger partial charge in [0.15, 0.2) is 0 Å². The average molecular weight is 406 g/mol. The number of allylic oxidation sites excluding steroid dienone is 4. The van der Waals surface area contributed by atoms with Crippen LogP contribution in [0.1, 0.15) is 17.3 Å². The van der Waals surface area contributed by atoms with Gasteiger partial charge in [0.05, 0.1) is 10.0 Å². The standard InChI is InChI=1S/C19H14BrF2NO2/c1-2-3-4-14(10-23)19(24)13-6-5-12-8-16(20)17(9-15(12)7-13)25-11-18(21)22/h2-9,18H,11H2,1H3/b3-2+,14-4+. The zero-order chi connectivity index (χ0) is 18.4. The van der Waals surface area contributed by atoms with Crippen molar-refractivity contribution in [3.63, 3.8) is 0 Å².